The summed E-state index contributed by atoms with van der Waals surface area (Å²) in [4.78, 5) is 7.60. The molecule has 3 rings (SSSR count). The molecule has 0 amide bonds. The Kier molecular flexibility index (Phi) is 3.22. The molecule has 0 bridgehead atoms. The number of halogens is 1. The molecule has 2 aromatic heterocycles. The molecule has 1 fully saturated rings. The molecule has 22 heavy (non-hydrogen) atoms. The van der Waals surface area contributed by atoms with Crippen LogP contribution >= 0.6 is 0 Å². The Balaban J connectivity index is 2.19. The average Bonchev–Trinajstić information content (AvgIpc) is 2.86. The van der Waals surface area contributed by atoms with Crippen LogP contribution < -0.4 is 11.5 Å². The molecule has 0 aliphatic carbocycles. The van der Waals surface area contributed by atoms with Gasteiger partial charge in [0.2, 0.25) is 5.95 Å². The van der Waals surface area contributed by atoms with Gasteiger partial charge in [0.15, 0.2) is 17.7 Å². The normalized spacial score (nSPS) is 32.0. The van der Waals surface area contributed by atoms with Crippen molar-refractivity contribution < 1.29 is 24.4 Å². The lowest BCUT2D eigenvalue weighted by atomic mass is 9.96. The molecule has 1 aliphatic heterocycles. The summed E-state index contributed by atoms with van der Waals surface area (Å²) < 4.78 is 20.7. The molecular formula is C12H16FN5O4. The lowest BCUT2D eigenvalue weighted by molar-refractivity contribution is -0.0949. The molecule has 4 atom stereocenters. The number of anilines is 2. The quantitative estimate of drug-likeness (QED) is 0.460. The van der Waals surface area contributed by atoms with Gasteiger partial charge in [-0.2, -0.15) is 9.97 Å². The van der Waals surface area contributed by atoms with Gasteiger partial charge in [0.25, 0.3) is 0 Å². The second-order valence-electron chi connectivity index (χ2n) is 5.43. The SMILES string of the molecule is C[C@@]1(O)[C@H](O)[C@@H](CO)O[C@H]1n1cc(F)c2c(N)nc(N)nc21. The third kappa shape index (κ3) is 1.92. The number of nitrogens with zero attached hydrogens (tertiary/aromatic N) is 3. The zero-order chi connectivity index (χ0) is 16.2. The second-order valence-corrected chi connectivity index (χ2v) is 5.43. The lowest BCUT2D eigenvalue weighted by Gasteiger charge is -2.27. The van der Waals surface area contributed by atoms with Crippen LogP contribution in [0.2, 0.25) is 0 Å². The molecule has 2 aromatic rings. The number of aromatic nitrogens is 3. The summed E-state index contributed by atoms with van der Waals surface area (Å²) in [6.45, 7) is 0.810. The number of nitrogen functional groups attached to an aromatic ring is 2. The summed E-state index contributed by atoms with van der Waals surface area (Å²) in [6.07, 6.45) is -2.53. The van der Waals surface area contributed by atoms with Crippen LogP contribution in [-0.2, 0) is 4.74 Å². The van der Waals surface area contributed by atoms with E-state index < -0.39 is 36.5 Å². The fourth-order valence-electron chi connectivity index (χ4n) is 2.72. The molecule has 10 heteroatoms. The largest absolute Gasteiger partial charge is 0.394 e. The summed E-state index contributed by atoms with van der Waals surface area (Å²) in [6, 6.07) is 0. The van der Waals surface area contributed by atoms with Crippen LogP contribution in [0.25, 0.3) is 11.0 Å². The molecule has 9 nitrogen and oxygen atoms in total. The van der Waals surface area contributed by atoms with E-state index >= 15 is 0 Å². The number of ether oxygens (including phenoxy) is 1. The minimum absolute atomic E-state index is 0.0264. The highest BCUT2D eigenvalue weighted by molar-refractivity contribution is 5.88. The van der Waals surface area contributed by atoms with Crippen LogP contribution in [0.4, 0.5) is 16.2 Å². The molecule has 120 valence electrons. The van der Waals surface area contributed by atoms with E-state index in [0.29, 0.717) is 0 Å². The van der Waals surface area contributed by atoms with Crippen molar-refractivity contribution in [1.82, 2.24) is 14.5 Å². The minimum atomic E-state index is -1.78. The Hall–Kier alpha value is -2.01. The molecule has 0 radical (unpaired) electrons. The number of fused-ring (bicyclic) bond motifs is 1. The fraction of sp³-hybridized carbons (Fsp3) is 0.500. The fourth-order valence-corrected chi connectivity index (χ4v) is 2.72. The van der Waals surface area contributed by atoms with Crippen molar-refractivity contribution in [3.05, 3.63) is 12.0 Å². The van der Waals surface area contributed by atoms with Crippen LogP contribution in [0, 0.1) is 5.82 Å². The van der Waals surface area contributed by atoms with E-state index in [0.717, 1.165) is 6.20 Å². The Morgan fingerprint density at radius 1 is 1.45 bits per heavy atom. The third-order valence-corrected chi connectivity index (χ3v) is 3.86. The number of hydrogen-bond donors (Lipinski definition) is 5. The van der Waals surface area contributed by atoms with Gasteiger partial charge < -0.3 is 31.5 Å². The third-order valence-electron chi connectivity index (χ3n) is 3.86. The molecule has 3 heterocycles. The van der Waals surface area contributed by atoms with Gasteiger partial charge >= 0.3 is 0 Å². The smallest absolute Gasteiger partial charge is 0.223 e. The molecule has 0 spiro atoms. The molecule has 7 N–H and O–H groups in total. The Labute approximate surface area is 123 Å². The van der Waals surface area contributed by atoms with Gasteiger partial charge in [-0.1, -0.05) is 0 Å². The van der Waals surface area contributed by atoms with Gasteiger partial charge in [0.1, 0.15) is 23.6 Å². The zero-order valence-corrected chi connectivity index (χ0v) is 11.6. The predicted molar refractivity (Wildman–Crippen MR) is 73.9 cm³/mol. The van der Waals surface area contributed by atoms with Crippen LogP contribution in [-0.4, -0.2) is 54.3 Å². The summed E-state index contributed by atoms with van der Waals surface area (Å²) in [5.74, 6) is -1.02. The van der Waals surface area contributed by atoms with Crippen molar-refractivity contribution in [2.24, 2.45) is 0 Å². The van der Waals surface area contributed by atoms with Crippen molar-refractivity contribution in [3.63, 3.8) is 0 Å². The number of rotatable bonds is 2. The summed E-state index contributed by atoms with van der Waals surface area (Å²) in [7, 11) is 0. The van der Waals surface area contributed by atoms with Crippen LogP contribution in [0.5, 0.6) is 0 Å². The Bertz CT molecular complexity index is 734. The number of hydrogen-bond acceptors (Lipinski definition) is 8. The molecule has 0 unspecified atom stereocenters. The monoisotopic (exact) mass is 313 g/mol. The summed E-state index contributed by atoms with van der Waals surface area (Å²) >= 11 is 0. The lowest BCUT2D eigenvalue weighted by Crippen LogP contribution is -2.44. The van der Waals surface area contributed by atoms with Gasteiger partial charge in [-0.25, -0.2) is 4.39 Å². The molecule has 1 aliphatic rings. The predicted octanol–water partition coefficient (Wildman–Crippen LogP) is -1.26. The minimum Gasteiger partial charge on any atom is -0.394 e. The average molecular weight is 313 g/mol. The first-order valence-electron chi connectivity index (χ1n) is 6.53. The van der Waals surface area contributed by atoms with E-state index in [1.807, 2.05) is 0 Å². The highest BCUT2D eigenvalue weighted by Gasteiger charge is 2.53. The summed E-state index contributed by atoms with van der Waals surface area (Å²) in [5.41, 5.74) is 9.41. The van der Waals surface area contributed by atoms with E-state index in [4.69, 9.17) is 16.2 Å². The maximum absolute atomic E-state index is 14.1. The first kappa shape index (κ1) is 14.9. The Morgan fingerprint density at radius 3 is 2.73 bits per heavy atom. The van der Waals surface area contributed by atoms with Crippen molar-refractivity contribution in [2.75, 3.05) is 18.1 Å². The first-order valence-corrected chi connectivity index (χ1v) is 6.53. The van der Waals surface area contributed by atoms with Gasteiger partial charge in [-0.3, -0.25) is 4.57 Å². The molecular weight excluding hydrogens is 297 g/mol. The van der Waals surface area contributed by atoms with Crippen molar-refractivity contribution in [1.29, 1.82) is 0 Å². The van der Waals surface area contributed by atoms with Crippen molar-refractivity contribution in [2.45, 2.75) is 31.0 Å². The topological polar surface area (TPSA) is 153 Å². The zero-order valence-electron chi connectivity index (χ0n) is 11.6. The molecule has 1 saturated heterocycles. The van der Waals surface area contributed by atoms with Gasteiger partial charge in [-0.15, -0.1) is 0 Å². The van der Waals surface area contributed by atoms with Gasteiger partial charge in [0, 0.05) is 6.20 Å². The van der Waals surface area contributed by atoms with Gasteiger partial charge in [-0.05, 0) is 6.92 Å². The van der Waals surface area contributed by atoms with Crippen molar-refractivity contribution in [3.8, 4) is 0 Å². The van der Waals surface area contributed by atoms with Gasteiger partial charge in [0.05, 0.1) is 12.0 Å². The van der Waals surface area contributed by atoms with E-state index in [-0.39, 0.29) is 22.8 Å². The standard InChI is InChI=1S/C12H16FN5O4/c1-12(21)7(20)5(3-19)22-10(12)18-2-4(13)6-8(14)16-11(15)17-9(6)18/h2,5,7,10,19-21H,3H2,1H3,(H4,14,15,16,17)/t5-,7-,10-,12-/m1/s1. The van der Waals surface area contributed by atoms with Crippen LogP contribution in [0.1, 0.15) is 13.2 Å². The molecule has 0 saturated carbocycles. The van der Waals surface area contributed by atoms with Crippen molar-refractivity contribution >= 4 is 22.8 Å². The number of aliphatic hydroxyl groups is 3. The van der Waals surface area contributed by atoms with E-state index in [1.165, 1.54) is 11.5 Å². The van der Waals surface area contributed by atoms with E-state index in [1.54, 1.807) is 0 Å². The van der Waals surface area contributed by atoms with Crippen LogP contribution in [0.15, 0.2) is 6.20 Å². The van der Waals surface area contributed by atoms with E-state index in [2.05, 4.69) is 9.97 Å². The maximum Gasteiger partial charge on any atom is 0.223 e. The second kappa shape index (κ2) is 4.74. The maximum atomic E-state index is 14.1. The first-order chi connectivity index (χ1) is 10.3. The summed E-state index contributed by atoms with van der Waals surface area (Å²) in [5, 5.41) is 29.6. The number of aliphatic hydroxyl groups excluding tert-OH is 2. The number of nitrogens with two attached hydrogens (primary N) is 2. The highest BCUT2D eigenvalue weighted by Crippen LogP contribution is 2.40. The van der Waals surface area contributed by atoms with E-state index in [9.17, 15) is 19.7 Å². The van der Waals surface area contributed by atoms with Crippen LogP contribution in [0.3, 0.4) is 0 Å². The Morgan fingerprint density at radius 2 is 2.14 bits per heavy atom. The highest BCUT2D eigenvalue weighted by atomic mass is 19.1. The molecule has 0 aromatic carbocycles.